The number of methoxy groups -OCH3 is 1. The van der Waals surface area contributed by atoms with Crippen LogP contribution in [0.4, 0.5) is 5.13 Å². The smallest absolute Gasteiger partial charge is 0.205 e. The van der Waals surface area contributed by atoms with Crippen LogP contribution in [0.1, 0.15) is 31.7 Å². The van der Waals surface area contributed by atoms with Gasteiger partial charge in [-0.25, -0.2) is 9.98 Å². The average molecular weight is 575 g/mol. The van der Waals surface area contributed by atoms with Crippen LogP contribution in [-0.4, -0.2) is 73.3 Å². The number of aryl methyl sites for hydroxylation is 1. The largest absolute Gasteiger partial charge is 0.493 e. The van der Waals surface area contributed by atoms with E-state index in [0.29, 0.717) is 19.8 Å². The highest BCUT2D eigenvalue weighted by Crippen LogP contribution is 2.19. The van der Waals surface area contributed by atoms with Gasteiger partial charge in [-0.3, -0.25) is 0 Å². The summed E-state index contributed by atoms with van der Waals surface area (Å²) in [6.45, 7) is 10.7. The number of aromatic nitrogens is 2. The molecule has 8 nitrogen and oxygen atoms in total. The minimum atomic E-state index is 0. The Morgan fingerprint density at radius 3 is 2.69 bits per heavy atom. The fraction of sp³-hybridized carbons (Fsp3) is 0.591. The molecule has 1 aromatic heterocycles. The predicted molar refractivity (Wildman–Crippen MR) is 142 cm³/mol. The number of hydrogen-bond acceptors (Lipinski definition) is 7. The van der Waals surface area contributed by atoms with Crippen molar-refractivity contribution in [2.24, 2.45) is 4.99 Å². The van der Waals surface area contributed by atoms with Crippen molar-refractivity contribution in [3.8, 4) is 5.75 Å². The molecule has 0 atom stereocenters. The van der Waals surface area contributed by atoms with Gasteiger partial charge >= 0.3 is 0 Å². The summed E-state index contributed by atoms with van der Waals surface area (Å²) in [4.78, 5) is 14.2. The highest BCUT2D eigenvalue weighted by atomic mass is 127. The second-order valence-electron chi connectivity index (χ2n) is 7.33. The maximum absolute atomic E-state index is 5.81. The molecule has 0 amide bonds. The number of hydrogen-bond donors (Lipinski definition) is 1. The Morgan fingerprint density at radius 1 is 1.19 bits per heavy atom. The van der Waals surface area contributed by atoms with E-state index in [1.165, 1.54) is 11.5 Å². The van der Waals surface area contributed by atoms with Crippen molar-refractivity contribution in [1.29, 1.82) is 0 Å². The van der Waals surface area contributed by atoms with Crippen LogP contribution in [0.25, 0.3) is 0 Å². The number of guanidine groups is 1. The fourth-order valence-corrected chi connectivity index (χ4v) is 4.15. The van der Waals surface area contributed by atoms with Crippen molar-refractivity contribution in [1.82, 2.24) is 19.6 Å². The first kappa shape index (κ1) is 26.6. The van der Waals surface area contributed by atoms with E-state index < -0.39 is 0 Å². The summed E-state index contributed by atoms with van der Waals surface area (Å²) in [6, 6.07) is 8.17. The second-order valence-corrected chi connectivity index (χ2v) is 8.06. The fourth-order valence-electron chi connectivity index (χ4n) is 3.35. The number of ether oxygens (including phenoxy) is 2. The number of nitrogens with one attached hydrogen (secondary N) is 1. The molecule has 0 saturated carbocycles. The zero-order valence-electron chi connectivity index (χ0n) is 19.2. The van der Waals surface area contributed by atoms with E-state index in [4.69, 9.17) is 14.5 Å². The minimum absolute atomic E-state index is 0. The Balaban J connectivity index is 0.00000363. The van der Waals surface area contributed by atoms with E-state index in [-0.39, 0.29) is 24.0 Å². The number of benzene rings is 1. The molecule has 1 aliphatic rings. The molecular formula is C22H35IN6O2S. The molecule has 3 rings (SSSR count). The summed E-state index contributed by atoms with van der Waals surface area (Å²) < 4.78 is 15.3. The molecule has 0 spiro atoms. The summed E-state index contributed by atoms with van der Waals surface area (Å²) in [7, 11) is 1.71. The average Bonchev–Trinajstić information content (AvgIpc) is 3.29. The number of aliphatic imine (C=N–C) groups is 1. The summed E-state index contributed by atoms with van der Waals surface area (Å²) in [5, 5.41) is 4.47. The van der Waals surface area contributed by atoms with E-state index >= 15 is 0 Å². The predicted octanol–water partition coefficient (Wildman–Crippen LogP) is 3.42. The maximum atomic E-state index is 5.81. The number of halogens is 1. The van der Waals surface area contributed by atoms with Crippen molar-refractivity contribution in [3.05, 3.63) is 35.7 Å². The number of piperazine rings is 1. The molecule has 1 aromatic carbocycles. The van der Waals surface area contributed by atoms with Crippen molar-refractivity contribution < 1.29 is 9.47 Å². The maximum Gasteiger partial charge on any atom is 0.205 e. The van der Waals surface area contributed by atoms with E-state index in [9.17, 15) is 0 Å². The van der Waals surface area contributed by atoms with Crippen molar-refractivity contribution in [3.63, 3.8) is 0 Å². The Kier molecular flexibility index (Phi) is 12.0. The molecular weight excluding hydrogens is 539 g/mol. The number of rotatable bonds is 10. The first-order valence-corrected chi connectivity index (χ1v) is 11.8. The minimum Gasteiger partial charge on any atom is -0.493 e. The molecule has 0 unspecified atom stereocenters. The lowest BCUT2D eigenvalue weighted by molar-refractivity contribution is 0.172. The standard InChI is InChI=1S/C22H34N6O2S.HI/c1-4-20-25-22(31-26-20)28-12-10-27(11-13-28)21(23-5-2)24-17-18-8-6-9-19(16-18)30-15-7-14-29-3;/h6,8-9,16H,4-5,7,10-15,17H2,1-3H3,(H,23,24);1H. The van der Waals surface area contributed by atoms with Crippen LogP contribution in [0.2, 0.25) is 0 Å². The Labute approximate surface area is 212 Å². The van der Waals surface area contributed by atoms with Gasteiger partial charge in [-0.1, -0.05) is 19.1 Å². The van der Waals surface area contributed by atoms with Crippen molar-refractivity contribution in [2.45, 2.75) is 33.2 Å². The molecule has 32 heavy (non-hydrogen) atoms. The molecule has 1 aliphatic heterocycles. The highest BCUT2D eigenvalue weighted by Gasteiger charge is 2.22. The number of nitrogens with zero attached hydrogens (tertiary/aromatic N) is 5. The third-order valence-electron chi connectivity index (χ3n) is 5.03. The zero-order chi connectivity index (χ0) is 21.9. The molecule has 2 aromatic rings. The highest BCUT2D eigenvalue weighted by molar-refractivity contribution is 14.0. The first-order chi connectivity index (χ1) is 15.2. The lowest BCUT2D eigenvalue weighted by Gasteiger charge is -2.36. The van der Waals surface area contributed by atoms with Gasteiger partial charge in [-0.15, -0.1) is 24.0 Å². The summed E-state index contributed by atoms with van der Waals surface area (Å²) in [5.74, 6) is 2.77. The lowest BCUT2D eigenvalue weighted by atomic mass is 10.2. The van der Waals surface area contributed by atoms with Gasteiger partial charge in [0.25, 0.3) is 0 Å². The monoisotopic (exact) mass is 574 g/mol. The second kappa shape index (κ2) is 14.5. The molecule has 178 valence electrons. The molecule has 0 bridgehead atoms. The van der Waals surface area contributed by atoms with Gasteiger partial charge in [0.2, 0.25) is 5.13 Å². The van der Waals surface area contributed by atoms with Gasteiger partial charge in [0.05, 0.1) is 13.2 Å². The van der Waals surface area contributed by atoms with Gasteiger partial charge in [0, 0.05) is 70.8 Å². The van der Waals surface area contributed by atoms with Gasteiger partial charge < -0.3 is 24.6 Å². The normalized spacial score (nSPS) is 14.3. The van der Waals surface area contributed by atoms with Gasteiger partial charge in [0.1, 0.15) is 11.6 Å². The summed E-state index contributed by atoms with van der Waals surface area (Å²) in [6.07, 6.45) is 1.76. The summed E-state index contributed by atoms with van der Waals surface area (Å²) >= 11 is 1.50. The first-order valence-electron chi connectivity index (χ1n) is 11.0. The van der Waals surface area contributed by atoms with Crippen LogP contribution in [-0.2, 0) is 17.7 Å². The van der Waals surface area contributed by atoms with Gasteiger partial charge in [0.15, 0.2) is 5.96 Å². The van der Waals surface area contributed by atoms with Crippen LogP contribution in [0.15, 0.2) is 29.3 Å². The Hall–Kier alpha value is -1.66. The van der Waals surface area contributed by atoms with Crippen LogP contribution in [0.3, 0.4) is 0 Å². The molecule has 1 N–H and O–H groups in total. The third-order valence-corrected chi connectivity index (χ3v) is 5.84. The quantitative estimate of drug-likeness (QED) is 0.202. The molecule has 1 saturated heterocycles. The van der Waals surface area contributed by atoms with Crippen LogP contribution < -0.4 is 15.0 Å². The van der Waals surface area contributed by atoms with Crippen molar-refractivity contribution >= 4 is 46.6 Å². The molecule has 10 heteroatoms. The van der Waals surface area contributed by atoms with Crippen LogP contribution >= 0.6 is 35.5 Å². The van der Waals surface area contributed by atoms with E-state index in [2.05, 4.69) is 50.5 Å². The molecule has 1 fully saturated rings. The van der Waals surface area contributed by atoms with Crippen LogP contribution in [0, 0.1) is 0 Å². The molecule has 2 heterocycles. The zero-order valence-corrected chi connectivity index (χ0v) is 22.4. The van der Waals surface area contributed by atoms with Gasteiger partial charge in [-0.2, -0.15) is 4.37 Å². The summed E-state index contributed by atoms with van der Waals surface area (Å²) in [5.41, 5.74) is 1.14. The van der Waals surface area contributed by atoms with E-state index in [1.807, 2.05) is 12.1 Å². The SMILES string of the molecule is CCNC(=NCc1cccc(OCCCOC)c1)N1CCN(c2nc(CC)ns2)CC1.I. The van der Waals surface area contributed by atoms with Gasteiger partial charge in [-0.05, 0) is 24.6 Å². The Bertz CT molecular complexity index is 826. The molecule has 0 radical (unpaired) electrons. The van der Waals surface area contributed by atoms with Crippen molar-refractivity contribution in [2.75, 3.05) is 57.9 Å². The van der Waals surface area contributed by atoms with E-state index in [1.54, 1.807) is 7.11 Å². The number of anilines is 1. The Morgan fingerprint density at radius 2 is 2.00 bits per heavy atom. The lowest BCUT2D eigenvalue weighted by Crippen LogP contribution is -2.52. The van der Waals surface area contributed by atoms with Crippen LogP contribution in [0.5, 0.6) is 5.75 Å². The van der Waals surface area contributed by atoms with E-state index in [0.717, 1.165) is 73.8 Å². The third kappa shape index (κ3) is 8.04. The topological polar surface area (TPSA) is 75.1 Å². The molecule has 0 aliphatic carbocycles.